The normalized spacial score (nSPS) is 10.4. The molecule has 2 N–H and O–H groups in total. The van der Waals surface area contributed by atoms with Gasteiger partial charge in [-0.1, -0.05) is 0 Å². The zero-order valence-electron chi connectivity index (χ0n) is 7.65. The molecule has 0 spiro atoms. The van der Waals surface area contributed by atoms with Crippen molar-refractivity contribution < 1.29 is 4.39 Å². The molecule has 0 aliphatic rings. The smallest absolute Gasteiger partial charge is 0.127 e. The molecule has 72 valence electrons. The van der Waals surface area contributed by atoms with Crippen LogP contribution in [0.15, 0.2) is 42.7 Å². The minimum absolute atomic E-state index is 0.223. The fraction of sp³-hybridized carbons (Fsp3) is 0.0909. The third-order valence-electron chi connectivity index (χ3n) is 2.15. The summed E-state index contributed by atoms with van der Waals surface area (Å²) < 4.78 is 15.0. The molecule has 1 aromatic heterocycles. The van der Waals surface area contributed by atoms with E-state index in [1.165, 1.54) is 6.07 Å². The molecule has 1 aromatic carbocycles. The van der Waals surface area contributed by atoms with E-state index in [4.69, 9.17) is 5.73 Å². The molecule has 0 saturated heterocycles. The Morgan fingerprint density at radius 1 is 1.21 bits per heavy atom. The number of rotatable bonds is 2. The topological polar surface area (TPSA) is 30.9 Å². The van der Waals surface area contributed by atoms with E-state index in [9.17, 15) is 4.39 Å². The lowest BCUT2D eigenvalue weighted by atomic mass is 10.2. The van der Waals surface area contributed by atoms with Gasteiger partial charge in [0.25, 0.3) is 0 Å². The molecule has 0 unspecified atom stereocenters. The van der Waals surface area contributed by atoms with Crippen LogP contribution in [-0.2, 0) is 6.54 Å². The maximum atomic E-state index is 13.1. The SMILES string of the molecule is NCc1cc(-n2cccc2)ccc1F. The summed E-state index contributed by atoms with van der Waals surface area (Å²) in [6.45, 7) is 0.223. The van der Waals surface area contributed by atoms with E-state index in [-0.39, 0.29) is 12.4 Å². The molecule has 0 saturated carbocycles. The van der Waals surface area contributed by atoms with Crippen LogP contribution in [0.4, 0.5) is 4.39 Å². The third-order valence-corrected chi connectivity index (χ3v) is 2.15. The third kappa shape index (κ3) is 1.54. The van der Waals surface area contributed by atoms with E-state index < -0.39 is 0 Å². The second-order valence-electron chi connectivity index (χ2n) is 3.07. The Hall–Kier alpha value is -1.61. The van der Waals surface area contributed by atoms with Gasteiger partial charge < -0.3 is 10.3 Å². The van der Waals surface area contributed by atoms with Crippen molar-refractivity contribution in [3.63, 3.8) is 0 Å². The van der Waals surface area contributed by atoms with Gasteiger partial charge in [-0.05, 0) is 30.3 Å². The van der Waals surface area contributed by atoms with Crippen LogP contribution >= 0.6 is 0 Å². The van der Waals surface area contributed by atoms with Crippen molar-refractivity contribution in [1.29, 1.82) is 0 Å². The number of hydrogen-bond acceptors (Lipinski definition) is 1. The molecule has 3 heteroatoms. The molecule has 2 nitrogen and oxygen atoms in total. The molecule has 0 amide bonds. The molecular formula is C11H11FN2. The van der Waals surface area contributed by atoms with Crippen molar-refractivity contribution in [2.24, 2.45) is 5.73 Å². The summed E-state index contributed by atoms with van der Waals surface area (Å²) in [6.07, 6.45) is 3.82. The van der Waals surface area contributed by atoms with E-state index >= 15 is 0 Å². The van der Waals surface area contributed by atoms with Gasteiger partial charge in [0.05, 0.1) is 0 Å². The van der Waals surface area contributed by atoms with Crippen LogP contribution in [-0.4, -0.2) is 4.57 Å². The predicted octanol–water partition coefficient (Wildman–Crippen LogP) is 2.08. The zero-order valence-corrected chi connectivity index (χ0v) is 7.65. The fourth-order valence-electron chi connectivity index (χ4n) is 1.38. The van der Waals surface area contributed by atoms with Gasteiger partial charge in [-0.25, -0.2) is 4.39 Å². The Morgan fingerprint density at radius 3 is 2.57 bits per heavy atom. The monoisotopic (exact) mass is 190 g/mol. The summed E-state index contributed by atoms with van der Waals surface area (Å²) in [7, 11) is 0. The number of hydrogen-bond donors (Lipinski definition) is 1. The number of nitrogens with zero attached hydrogens (tertiary/aromatic N) is 1. The molecule has 1 heterocycles. The molecule has 0 atom stereocenters. The first-order chi connectivity index (χ1) is 6.81. The fourth-order valence-corrected chi connectivity index (χ4v) is 1.38. The summed E-state index contributed by atoms with van der Waals surface area (Å²) in [5.41, 5.74) is 6.89. The first-order valence-electron chi connectivity index (χ1n) is 4.43. The Kier molecular flexibility index (Phi) is 2.33. The summed E-state index contributed by atoms with van der Waals surface area (Å²) in [4.78, 5) is 0. The Morgan fingerprint density at radius 2 is 1.93 bits per heavy atom. The van der Waals surface area contributed by atoms with E-state index in [1.54, 1.807) is 12.1 Å². The van der Waals surface area contributed by atoms with Crippen molar-refractivity contribution in [1.82, 2.24) is 4.57 Å². The van der Waals surface area contributed by atoms with Crippen LogP contribution in [0, 0.1) is 5.82 Å². The van der Waals surface area contributed by atoms with Gasteiger partial charge in [0.15, 0.2) is 0 Å². The Labute approximate surface area is 81.8 Å². The van der Waals surface area contributed by atoms with Crippen molar-refractivity contribution in [3.8, 4) is 5.69 Å². The maximum absolute atomic E-state index is 13.1. The number of nitrogens with two attached hydrogens (primary N) is 1. The highest BCUT2D eigenvalue weighted by Crippen LogP contribution is 2.13. The minimum atomic E-state index is -0.247. The molecule has 2 rings (SSSR count). The maximum Gasteiger partial charge on any atom is 0.127 e. The van der Waals surface area contributed by atoms with Crippen LogP contribution in [0.1, 0.15) is 5.56 Å². The van der Waals surface area contributed by atoms with Gasteiger partial charge in [-0.2, -0.15) is 0 Å². The lowest BCUT2D eigenvalue weighted by Gasteiger charge is -2.05. The highest BCUT2D eigenvalue weighted by Gasteiger charge is 2.02. The number of benzene rings is 1. The van der Waals surface area contributed by atoms with Crippen LogP contribution in [0.3, 0.4) is 0 Å². The predicted molar refractivity (Wildman–Crippen MR) is 53.6 cm³/mol. The van der Waals surface area contributed by atoms with Crippen LogP contribution in [0.5, 0.6) is 0 Å². The summed E-state index contributed by atoms with van der Waals surface area (Å²) in [5, 5.41) is 0. The highest BCUT2D eigenvalue weighted by molar-refractivity contribution is 5.37. The van der Waals surface area contributed by atoms with Crippen molar-refractivity contribution in [2.75, 3.05) is 0 Å². The molecule has 0 fully saturated rings. The summed E-state index contributed by atoms with van der Waals surface area (Å²) in [6, 6.07) is 8.78. The molecule has 0 bridgehead atoms. The standard InChI is InChI=1S/C11H11FN2/c12-11-4-3-10(7-9(11)8-13)14-5-1-2-6-14/h1-7H,8,13H2. The summed E-state index contributed by atoms with van der Waals surface area (Å²) in [5.74, 6) is -0.247. The minimum Gasteiger partial charge on any atom is -0.326 e. The van der Waals surface area contributed by atoms with Crippen LogP contribution < -0.4 is 5.73 Å². The van der Waals surface area contributed by atoms with E-state index in [0.717, 1.165) is 5.69 Å². The Bertz CT molecular complexity index is 421. The van der Waals surface area contributed by atoms with Crippen molar-refractivity contribution >= 4 is 0 Å². The molecule has 0 aliphatic heterocycles. The second-order valence-corrected chi connectivity index (χ2v) is 3.07. The lowest BCUT2D eigenvalue weighted by Crippen LogP contribution is -2.01. The number of halogens is 1. The van der Waals surface area contributed by atoms with E-state index in [1.807, 2.05) is 29.1 Å². The van der Waals surface area contributed by atoms with Gasteiger partial charge in [-0.15, -0.1) is 0 Å². The molecule has 2 aromatic rings. The van der Waals surface area contributed by atoms with Gasteiger partial charge in [0.1, 0.15) is 5.82 Å². The largest absolute Gasteiger partial charge is 0.326 e. The van der Waals surface area contributed by atoms with Gasteiger partial charge in [0.2, 0.25) is 0 Å². The average Bonchev–Trinajstić information content (AvgIpc) is 2.71. The quantitative estimate of drug-likeness (QED) is 0.772. The average molecular weight is 190 g/mol. The van der Waals surface area contributed by atoms with Gasteiger partial charge in [-0.3, -0.25) is 0 Å². The molecule has 0 aliphatic carbocycles. The Balaban J connectivity index is 2.46. The van der Waals surface area contributed by atoms with Crippen LogP contribution in [0.25, 0.3) is 5.69 Å². The second kappa shape index (κ2) is 3.64. The number of aromatic nitrogens is 1. The van der Waals surface area contributed by atoms with Crippen LogP contribution in [0.2, 0.25) is 0 Å². The van der Waals surface area contributed by atoms with Gasteiger partial charge >= 0.3 is 0 Å². The first-order valence-corrected chi connectivity index (χ1v) is 4.43. The molecule has 0 radical (unpaired) electrons. The van der Waals surface area contributed by atoms with E-state index in [0.29, 0.717) is 5.56 Å². The summed E-state index contributed by atoms with van der Waals surface area (Å²) >= 11 is 0. The highest BCUT2D eigenvalue weighted by atomic mass is 19.1. The zero-order chi connectivity index (χ0) is 9.97. The molecule has 14 heavy (non-hydrogen) atoms. The van der Waals surface area contributed by atoms with Crippen molar-refractivity contribution in [2.45, 2.75) is 6.54 Å². The van der Waals surface area contributed by atoms with E-state index in [2.05, 4.69) is 0 Å². The van der Waals surface area contributed by atoms with Gasteiger partial charge in [0, 0.05) is 30.2 Å². The van der Waals surface area contributed by atoms with Crippen molar-refractivity contribution in [3.05, 3.63) is 54.1 Å². The first kappa shape index (κ1) is 8.97. The molecular weight excluding hydrogens is 179 g/mol. The lowest BCUT2D eigenvalue weighted by molar-refractivity contribution is 0.610.